The number of carbonyl (C=O) groups excluding carboxylic acids is 1. The minimum atomic E-state index is -0.0609. The van der Waals surface area contributed by atoms with Crippen LogP contribution in [-0.4, -0.2) is 45.2 Å². The molecule has 2 aromatic rings. The lowest BCUT2D eigenvalue weighted by molar-refractivity contribution is 0.0827. The Kier molecular flexibility index (Phi) is 8.66. The predicted octanol–water partition coefficient (Wildman–Crippen LogP) is 4.59. The molecule has 0 unspecified atom stereocenters. The lowest BCUT2D eigenvalue weighted by atomic mass is 10.2. The summed E-state index contributed by atoms with van der Waals surface area (Å²) in [5.41, 5.74) is 1.90. The molecule has 0 aromatic heterocycles. The Hall–Kier alpha value is -2.69. The Morgan fingerprint density at radius 3 is 2.18 bits per heavy atom. The smallest absolute Gasteiger partial charge is 0.253 e. The van der Waals surface area contributed by atoms with Gasteiger partial charge in [-0.1, -0.05) is 19.1 Å². The molecule has 5 nitrogen and oxygen atoms in total. The lowest BCUT2D eigenvalue weighted by Gasteiger charge is -2.14. The maximum atomic E-state index is 12.0. The van der Waals surface area contributed by atoms with Gasteiger partial charge < -0.3 is 19.1 Å². The molecule has 5 heteroatoms. The largest absolute Gasteiger partial charge is 0.494 e. The van der Waals surface area contributed by atoms with Gasteiger partial charge in [-0.2, -0.15) is 0 Å². The lowest BCUT2D eigenvalue weighted by Crippen LogP contribution is -2.21. The molecular weight excluding hydrogens is 354 g/mol. The van der Waals surface area contributed by atoms with E-state index in [1.165, 1.54) is 10.5 Å². The molecule has 0 N–H and O–H groups in total. The van der Waals surface area contributed by atoms with Gasteiger partial charge in [0.05, 0.1) is 20.3 Å². The third-order valence-corrected chi connectivity index (χ3v) is 4.46. The molecule has 0 spiro atoms. The van der Waals surface area contributed by atoms with E-state index in [1.807, 2.05) is 12.1 Å². The van der Waals surface area contributed by atoms with E-state index in [1.54, 1.807) is 39.4 Å². The van der Waals surface area contributed by atoms with E-state index in [9.17, 15) is 4.79 Å². The normalized spacial score (nSPS) is 10.4. The van der Waals surface area contributed by atoms with Gasteiger partial charge in [0, 0.05) is 19.7 Å². The van der Waals surface area contributed by atoms with Crippen molar-refractivity contribution in [1.82, 2.24) is 4.90 Å². The first-order valence-corrected chi connectivity index (χ1v) is 9.79. The summed E-state index contributed by atoms with van der Waals surface area (Å²) in [7, 11) is 5.03. The highest BCUT2D eigenvalue weighted by Gasteiger charge is 2.12. The quantitative estimate of drug-likeness (QED) is 0.531. The van der Waals surface area contributed by atoms with Gasteiger partial charge in [-0.25, -0.2) is 0 Å². The first-order valence-electron chi connectivity index (χ1n) is 9.79. The van der Waals surface area contributed by atoms with E-state index >= 15 is 0 Å². The molecule has 0 saturated carbocycles. The fourth-order valence-electron chi connectivity index (χ4n) is 2.75. The van der Waals surface area contributed by atoms with E-state index in [0.29, 0.717) is 30.3 Å². The van der Waals surface area contributed by atoms with E-state index in [4.69, 9.17) is 14.2 Å². The van der Waals surface area contributed by atoms with Crippen molar-refractivity contribution in [2.24, 2.45) is 0 Å². The topological polar surface area (TPSA) is 48.0 Å². The number of nitrogens with zero attached hydrogens (tertiary/aromatic N) is 1. The Labute approximate surface area is 168 Å². The number of hydrogen-bond acceptors (Lipinski definition) is 4. The summed E-state index contributed by atoms with van der Waals surface area (Å²) in [6.07, 6.45) is 3.97. The molecule has 0 aliphatic rings. The fraction of sp³-hybridized carbons (Fsp3) is 0.435. The van der Waals surface area contributed by atoms with E-state index in [0.717, 1.165) is 31.4 Å². The number of carbonyl (C=O) groups is 1. The van der Waals surface area contributed by atoms with Gasteiger partial charge >= 0.3 is 0 Å². The molecule has 1 amide bonds. The first kappa shape index (κ1) is 21.6. The van der Waals surface area contributed by atoms with Crippen LogP contribution in [0.25, 0.3) is 0 Å². The van der Waals surface area contributed by atoms with Crippen LogP contribution in [0.15, 0.2) is 42.5 Å². The molecule has 0 radical (unpaired) electrons. The molecule has 0 aliphatic carbocycles. The number of aryl methyl sites for hydroxylation is 1. The average molecular weight is 386 g/mol. The standard InChI is InChI=1S/C23H31NO4/c1-5-18-9-12-20(13-10-18)27-15-7-6-8-16-28-21-14-11-19(17-22(21)26-4)23(25)24(2)3/h9-14,17H,5-8,15-16H2,1-4H3. The molecule has 0 atom stereocenters. The summed E-state index contributed by atoms with van der Waals surface area (Å²) in [5.74, 6) is 2.09. The van der Waals surface area contributed by atoms with Crippen molar-refractivity contribution in [1.29, 1.82) is 0 Å². The van der Waals surface area contributed by atoms with Gasteiger partial charge in [0.25, 0.3) is 5.91 Å². The zero-order valence-corrected chi connectivity index (χ0v) is 17.4. The fourth-order valence-corrected chi connectivity index (χ4v) is 2.75. The summed E-state index contributed by atoms with van der Waals surface area (Å²) in [4.78, 5) is 13.6. The molecule has 28 heavy (non-hydrogen) atoms. The zero-order valence-electron chi connectivity index (χ0n) is 17.4. The second-order valence-electron chi connectivity index (χ2n) is 6.82. The van der Waals surface area contributed by atoms with Crippen molar-refractivity contribution >= 4 is 5.91 Å². The van der Waals surface area contributed by atoms with E-state index in [-0.39, 0.29) is 5.91 Å². The summed E-state index contributed by atoms with van der Waals surface area (Å²) in [5, 5.41) is 0. The van der Waals surface area contributed by atoms with Crippen LogP contribution in [0.4, 0.5) is 0 Å². The van der Waals surface area contributed by atoms with Crippen LogP contribution in [0.5, 0.6) is 17.2 Å². The first-order chi connectivity index (χ1) is 13.5. The monoisotopic (exact) mass is 385 g/mol. The maximum absolute atomic E-state index is 12.0. The van der Waals surface area contributed by atoms with Gasteiger partial charge in [0.15, 0.2) is 11.5 Å². The third kappa shape index (κ3) is 6.48. The van der Waals surface area contributed by atoms with Crippen LogP contribution in [0.1, 0.15) is 42.1 Å². The molecule has 2 aromatic carbocycles. The average Bonchev–Trinajstić information content (AvgIpc) is 2.72. The molecule has 0 bridgehead atoms. The van der Waals surface area contributed by atoms with Crippen molar-refractivity contribution in [3.8, 4) is 17.2 Å². The Morgan fingerprint density at radius 2 is 1.57 bits per heavy atom. The zero-order chi connectivity index (χ0) is 20.4. The van der Waals surface area contributed by atoms with Crippen LogP contribution in [0.2, 0.25) is 0 Å². The Morgan fingerprint density at radius 1 is 0.893 bits per heavy atom. The van der Waals surface area contributed by atoms with E-state index < -0.39 is 0 Å². The number of hydrogen-bond donors (Lipinski definition) is 0. The molecule has 152 valence electrons. The van der Waals surface area contributed by atoms with Crippen LogP contribution in [0.3, 0.4) is 0 Å². The van der Waals surface area contributed by atoms with Crippen LogP contribution in [-0.2, 0) is 6.42 Å². The van der Waals surface area contributed by atoms with Crippen LogP contribution in [0, 0.1) is 0 Å². The van der Waals surface area contributed by atoms with Crippen molar-refractivity contribution in [3.63, 3.8) is 0 Å². The van der Waals surface area contributed by atoms with Gasteiger partial charge in [-0.05, 0) is 61.6 Å². The number of amides is 1. The molecule has 0 saturated heterocycles. The SMILES string of the molecule is CCc1ccc(OCCCCCOc2ccc(C(=O)N(C)C)cc2OC)cc1. The Balaban J connectivity index is 1.69. The second kappa shape index (κ2) is 11.2. The maximum Gasteiger partial charge on any atom is 0.253 e. The molecule has 0 fully saturated rings. The van der Waals surface area contributed by atoms with E-state index in [2.05, 4.69) is 19.1 Å². The summed E-state index contributed by atoms with van der Waals surface area (Å²) in [6, 6.07) is 13.5. The van der Waals surface area contributed by atoms with Crippen molar-refractivity contribution < 1.29 is 19.0 Å². The molecular formula is C23H31NO4. The summed E-state index contributed by atoms with van der Waals surface area (Å²) < 4.78 is 16.9. The Bertz CT molecular complexity index is 741. The summed E-state index contributed by atoms with van der Waals surface area (Å²) >= 11 is 0. The molecule has 0 aliphatic heterocycles. The second-order valence-corrected chi connectivity index (χ2v) is 6.82. The van der Waals surface area contributed by atoms with Gasteiger partial charge in [-0.3, -0.25) is 4.79 Å². The van der Waals surface area contributed by atoms with Gasteiger partial charge in [0.2, 0.25) is 0 Å². The van der Waals surface area contributed by atoms with Crippen LogP contribution < -0.4 is 14.2 Å². The minimum absolute atomic E-state index is 0.0609. The van der Waals surface area contributed by atoms with Gasteiger partial charge in [0.1, 0.15) is 5.75 Å². The number of unbranched alkanes of at least 4 members (excludes halogenated alkanes) is 2. The highest BCUT2D eigenvalue weighted by atomic mass is 16.5. The third-order valence-electron chi connectivity index (χ3n) is 4.46. The minimum Gasteiger partial charge on any atom is -0.494 e. The number of rotatable bonds is 11. The highest BCUT2D eigenvalue weighted by Crippen LogP contribution is 2.28. The van der Waals surface area contributed by atoms with Crippen molar-refractivity contribution in [2.75, 3.05) is 34.4 Å². The number of ether oxygens (including phenoxy) is 3. The molecule has 0 heterocycles. The predicted molar refractivity (Wildman–Crippen MR) is 112 cm³/mol. The summed E-state index contributed by atoms with van der Waals surface area (Å²) in [6.45, 7) is 3.45. The number of benzene rings is 2. The number of methoxy groups -OCH3 is 1. The van der Waals surface area contributed by atoms with Crippen LogP contribution >= 0.6 is 0 Å². The highest BCUT2D eigenvalue weighted by molar-refractivity contribution is 5.94. The van der Waals surface area contributed by atoms with Crippen molar-refractivity contribution in [3.05, 3.63) is 53.6 Å². The van der Waals surface area contributed by atoms with Gasteiger partial charge in [-0.15, -0.1) is 0 Å². The molecule has 2 rings (SSSR count). The van der Waals surface area contributed by atoms with Crippen molar-refractivity contribution in [2.45, 2.75) is 32.6 Å².